The maximum absolute atomic E-state index is 11.2. The van der Waals surface area contributed by atoms with Gasteiger partial charge < -0.3 is 14.3 Å². The number of carbonyl (C=O) groups excluding carboxylic acids is 1. The molecule has 0 heterocycles. The predicted octanol–water partition coefficient (Wildman–Crippen LogP) is 0.879. The molecule has 16 heavy (non-hydrogen) atoms. The molecule has 5 heteroatoms. The van der Waals surface area contributed by atoms with E-state index in [4.69, 9.17) is 9.84 Å². The Kier molecular flexibility index (Phi) is 6.03. The Hall–Kier alpha value is -1.10. The summed E-state index contributed by atoms with van der Waals surface area (Å²) in [5.74, 6) is -1.14. The van der Waals surface area contributed by atoms with Gasteiger partial charge in [-0.2, -0.15) is 0 Å². The summed E-state index contributed by atoms with van der Waals surface area (Å²) in [5, 5.41) is 8.61. The molecule has 1 unspecified atom stereocenters. The molecule has 0 aliphatic carbocycles. The second-order valence-electron chi connectivity index (χ2n) is 4.87. The van der Waals surface area contributed by atoms with Crippen LogP contribution in [0.2, 0.25) is 0 Å². The Morgan fingerprint density at radius 3 is 2.25 bits per heavy atom. The molecule has 1 atom stereocenters. The molecule has 0 aromatic heterocycles. The molecule has 0 saturated heterocycles. The minimum atomic E-state index is -0.862. The third kappa shape index (κ3) is 8.23. The molecule has 94 valence electrons. The van der Waals surface area contributed by atoms with Gasteiger partial charge in [0.15, 0.2) is 6.10 Å². The van der Waals surface area contributed by atoms with E-state index in [0.29, 0.717) is 23.9 Å². The van der Waals surface area contributed by atoms with Crippen LogP contribution in [0.3, 0.4) is 0 Å². The number of esters is 1. The molecular formula is C11H22NO4+. The van der Waals surface area contributed by atoms with Crippen LogP contribution in [0.15, 0.2) is 0 Å². The van der Waals surface area contributed by atoms with E-state index < -0.39 is 5.97 Å². The van der Waals surface area contributed by atoms with Crippen LogP contribution in [0, 0.1) is 0 Å². The summed E-state index contributed by atoms with van der Waals surface area (Å²) >= 11 is 0. The first-order valence-corrected chi connectivity index (χ1v) is 5.46. The second-order valence-corrected chi connectivity index (χ2v) is 4.87. The Labute approximate surface area is 96.6 Å². The van der Waals surface area contributed by atoms with Gasteiger partial charge in [-0.05, 0) is 0 Å². The van der Waals surface area contributed by atoms with E-state index in [1.165, 1.54) is 0 Å². The molecule has 0 fully saturated rings. The lowest BCUT2D eigenvalue weighted by Crippen LogP contribution is -2.43. The topological polar surface area (TPSA) is 63.6 Å². The Morgan fingerprint density at radius 2 is 1.88 bits per heavy atom. The van der Waals surface area contributed by atoms with Crippen molar-refractivity contribution in [2.45, 2.75) is 32.3 Å². The highest BCUT2D eigenvalue weighted by Crippen LogP contribution is 2.08. The summed E-state index contributed by atoms with van der Waals surface area (Å²) in [4.78, 5) is 21.7. The predicted molar refractivity (Wildman–Crippen MR) is 59.9 cm³/mol. The zero-order valence-corrected chi connectivity index (χ0v) is 10.5. The number of quaternary nitrogens is 1. The van der Waals surface area contributed by atoms with Crippen LogP contribution < -0.4 is 0 Å². The molecular weight excluding hydrogens is 210 g/mol. The van der Waals surface area contributed by atoms with E-state index in [-0.39, 0.29) is 18.5 Å². The highest BCUT2D eigenvalue weighted by Gasteiger charge is 2.22. The van der Waals surface area contributed by atoms with Crippen molar-refractivity contribution < 1.29 is 23.9 Å². The molecule has 0 saturated carbocycles. The average Bonchev–Trinajstić information content (AvgIpc) is 2.11. The number of ether oxygens (including phenoxy) is 1. The van der Waals surface area contributed by atoms with Gasteiger partial charge in [-0.25, -0.2) is 0 Å². The minimum Gasteiger partial charge on any atom is -0.481 e. The van der Waals surface area contributed by atoms with E-state index in [9.17, 15) is 9.59 Å². The number of hydrogen-bond donors (Lipinski definition) is 1. The zero-order chi connectivity index (χ0) is 12.8. The number of carboxylic acids is 1. The summed E-state index contributed by atoms with van der Waals surface area (Å²) in [5.41, 5.74) is 0. The molecule has 0 aromatic rings. The monoisotopic (exact) mass is 232 g/mol. The van der Waals surface area contributed by atoms with Gasteiger partial charge in [0, 0.05) is 19.3 Å². The molecule has 0 radical (unpaired) electrons. The average molecular weight is 232 g/mol. The fourth-order valence-electron chi connectivity index (χ4n) is 1.35. The van der Waals surface area contributed by atoms with E-state index in [1.54, 1.807) is 6.92 Å². The lowest BCUT2D eigenvalue weighted by atomic mass is 10.2. The minimum absolute atomic E-state index is 0.0294. The quantitative estimate of drug-likeness (QED) is 0.523. The SMILES string of the molecule is CCC(=O)OC(CCC(=O)O)C[N+](C)(C)C. The lowest BCUT2D eigenvalue weighted by molar-refractivity contribution is -0.873. The highest BCUT2D eigenvalue weighted by atomic mass is 16.5. The molecule has 0 spiro atoms. The first-order valence-electron chi connectivity index (χ1n) is 5.46. The molecule has 5 nitrogen and oxygen atoms in total. The van der Waals surface area contributed by atoms with Crippen LogP contribution >= 0.6 is 0 Å². The van der Waals surface area contributed by atoms with Gasteiger partial charge in [0.2, 0.25) is 0 Å². The Balaban J connectivity index is 4.26. The van der Waals surface area contributed by atoms with Crippen molar-refractivity contribution in [2.75, 3.05) is 27.7 Å². The van der Waals surface area contributed by atoms with Crippen LogP contribution in [0.1, 0.15) is 26.2 Å². The van der Waals surface area contributed by atoms with Gasteiger partial charge in [-0.3, -0.25) is 9.59 Å². The number of likely N-dealkylation sites (N-methyl/N-ethyl adjacent to an activating group) is 1. The van der Waals surface area contributed by atoms with E-state index in [2.05, 4.69) is 0 Å². The number of hydrogen-bond acceptors (Lipinski definition) is 3. The molecule has 1 N–H and O–H groups in total. The van der Waals surface area contributed by atoms with Gasteiger partial charge >= 0.3 is 11.9 Å². The van der Waals surface area contributed by atoms with E-state index >= 15 is 0 Å². The largest absolute Gasteiger partial charge is 0.481 e. The smallest absolute Gasteiger partial charge is 0.305 e. The highest BCUT2D eigenvalue weighted by molar-refractivity contribution is 5.69. The van der Waals surface area contributed by atoms with Gasteiger partial charge in [0.05, 0.1) is 21.1 Å². The molecule has 0 rings (SSSR count). The fourth-order valence-corrected chi connectivity index (χ4v) is 1.35. The van der Waals surface area contributed by atoms with Crippen LogP contribution in [0.25, 0.3) is 0 Å². The summed E-state index contributed by atoms with van der Waals surface area (Å²) in [7, 11) is 5.94. The summed E-state index contributed by atoms with van der Waals surface area (Å²) in [6.07, 6.45) is 0.405. The third-order valence-corrected chi connectivity index (χ3v) is 2.02. The van der Waals surface area contributed by atoms with Crippen molar-refractivity contribution in [2.24, 2.45) is 0 Å². The molecule has 0 amide bonds. The normalized spacial score (nSPS) is 13.2. The van der Waals surface area contributed by atoms with Crippen LogP contribution in [0.4, 0.5) is 0 Å². The summed E-state index contributed by atoms with van der Waals surface area (Å²) in [6, 6.07) is 0. The standard InChI is InChI=1S/C11H21NO4/c1-5-11(15)16-9(6-7-10(13)14)8-12(2,3)4/h9H,5-8H2,1-4H3/p+1. The lowest BCUT2D eigenvalue weighted by Gasteiger charge is -2.28. The maximum Gasteiger partial charge on any atom is 0.305 e. The Morgan fingerprint density at radius 1 is 1.31 bits per heavy atom. The number of rotatable bonds is 7. The first-order chi connectivity index (χ1) is 7.24. The fraction of sp³-hybridized carbons (Fsp3) is 0.818. The van der Waals surface area contributed by atoms with Crippen LogP contribution in [-0.2, 0) is 14.3 Å². The van der Waals surface area contributed by atoms with Crippen molar-refractivity contribution in [3.63, 3.8) is 0 Å². The van der Waals surface area contributed by atoms with Crippen molar-refractivity contribution in [3.05, 3.63) is 0 Å². The molecule has 0 bridgehead atoms. The molecule has 0 aliphatic rings. The van der Waals surface area contributed by atoms with Crippen molar-refractivity contribution >= 4 is 11.9 Å². The maximum atomic E-state index is 11.2. The number of nitrogens with zero attached hydrogens (tertiary/aromatic N) is 1. The van der Waals surface area contributed by atoms with Gasteiger partial charge in [0.25, 0.3) is 0 Å². The van der Waals surface area contributed by atoms with Crippen LogP contribution in [0.5, 0.6) is 0 Å². The van der Waals surface area contributed by atoms with Gasteiger partial charge in [-0.1, -0.05) is 6.92 Å². The van der Waals surface area contributed by atoms with Gasteiger partial charge in [0.1, 0.15) is 6.54 Å². The van der Waals surface area contributed by atoms with Crippen molar-refractivity contribution in [3.8, 4) is 0 Å². The third-order valence-electron chi connectivity index (χ3n) is 2.02. The summed E-state index contributed by atoms with van der Waals surface area (Å²) in [6.45, 7) is 2.35. The zero-order valence-electron chi connectivity index (χ0n) is 10.5. The van der Waals surface area contributed by atoms with Crippen LogP contribution in [-0.4, -0.2) is 55.3 Å². The summed E-state index contributed by atoms with van der Waals surface area (Å²) < 4.78 is 5.85. The van der Waals surface area contributed by atoms with Crippen molar-refractivity contribution in [1.29, 1.82) is 0 Å². The number of aliphatic carboxylic acids is 1. The number of carboxylic acid groups (broad SMARTS) is 1. The van der Waals surface area contributed by atoms with Crippen molar-refractivity contribution in [1.82, 2.24) is 0 Å². The molecule has 0 aliphatic heterocycles. The number of carbonyl (C=O) groups is 2. The van der Waals surface area contributed by atoms with E-state index in [0.717, 1.165) is 0 Å². The van der Waals surface area contributed by atoms with E-state index in [1.807, 2.05) is 21.1 Å². The molecule has 0 aromatic carbocycles. The Bertz CT molecular complexity index is 245. The second kappa shape index (κ2) is 6.48. The first kappa shape index (κ1) is 14.9. The van der Waals surface area contributed by atoms with Gasteiger partial charge in [-0.15, -0.1) is 0 Å².